The Labute approximate surface area is 175 Å². The summed E-state index contributed by atoms with van der Waals surface area (Å²) in [6.07, 6.45) is -0.865. The van der Waals surface area contributed by atoms with Gasteiger partial charge in [-0.3, -0.25) is 0 Å². The number of carbonyl (C=O) groups is 1. The molecule has 8 heteroatoms. The van der Waals surface area contributed by atoms with Gasteiger partial charge in [0.1, 0.15) is 12.4 Å². The van der Waals surface area contributed by atoms with Crippen LogP contribution in [0.3, 0.4) is 0 Å². The molecule has 0 bridgehead atoms. The number of carboxylic acids is 1. The summed E-state index contributed by atoms with van der Waals surface area (Å²) in [7, 11) is 0. The molecular formula is C18H13ClF2NNaO3. The largest absolute Gasteiger partial charge is 1.00 e. The third-order valence-corrected chi connectivity index (χ3v) is 4.00. The first-order chi connectivity index (χ1) is 12.0. The van der Waals surface area contributed by atoms with Crippen molar-refractivity contribution in [1.29, 1.82) is 0 Å². The second-order valence-corrected chi connectivity index (χ2v) is 5.86. The smallest absolute Gasteiger partial charge is 0.545 e. The van der Waals surface area contributed by atoms with E-state index < -0.39 is 19.0 Å². The standard InChI is InChI=1S/C18H14ClF2NO3.Na/c19-12-4-5-16(25-10-17(20)21)11(8-12)9-22-7-6-13-14(18(23)24)2-1-3-15(13)22;/h1-8,17H,9-10H2,(H,23,24);/q;+1/p-1. The third kappa shape index (κ3) is 4.57. The van der Waals surface area contributed by atoms with Gasteiger partial charge in [-0.2, -0.15) is 0 Å². The molecule has 0 aliphatic carbocycles. The maximum Gasteiger partial charge on any atom is 1.00 e. The van der Waals surface area contributed by atoms with E-state index in [-0.39, 0.29) is 35.1 Å². The number of hydrogen-bond donors (Lipinski definition) is 0. The first-order valence-electron chi connectivity index (χ1n) is 7.44. The van der Waals surface area contributed by atoms with Crippen molar-refractivity contribution in [3.05, 3.63) is 64.8 Å². The molecular weight excluding hydrogens is 375 g/mol. The van der Waals surface area contributed by atoms with E-state index in [0.29, 0.717) is 33.8 Å². The number of hydrogen-bond acceptors (Lipinski definition) is 3. The van der Waals surface area contributed by atoms with E-state index in [1.165, 1.54) is 6.07 Å². The molecule has 26 heavy (non-hydrogen) atoms. The molecule has 4 nitrogen and oxygen atoms in total. The molecule has 1 heterocycles. The van der Waals surface area contributed by atoms with Crippen LogP contribution >= 0.6 is 11.6 Å². The van der Waals surface area contributed by atoms with Gasteiger partial charge >= 0.3 is 29.6 Å². The van der Waals surface area contributed by atoms with E-state index in [1.54, 1.807) is 47.2 Å². The molecule has 0 saturated carbocycles. The molecule has 0 atom stereocenters. The fourth-order valence-electron chi connectivity index (χ4n) is 2.69. The van der Waals surface area contributed by atoms with Crippen LogP contribution in [-0.4, -0.2) is 23.6 Å². The molecule has 0 N–H and O–H groups in total. The van der Waals surface area contributed by atoms with Gasteiger partial charge < -0.3 is 19.2 Å². The maximum absolute atomic E-state index is 12.4. The van der Waals surface area contributed by atoms with Crippen molar-refractivity contribution in [2.24, 2.45) is 0 Å². The molecule has 3 rings (SSSR count). The molecule has 130 valence electrons. The number of rotatable bonds is 6. The summed E-state index contributed by atoms with van der Waals surface area (Å²) in [4.78, 5) is 11.2. The van der Waals surface area contributed by atoms with Crippen molar-refractivity contribution in [2.75, 3.05) is 6.61 Å². The van der Waals surface area contributed by atoms with Gasteiger partial charge in [0.15, 0.2) is 0 Å². The monoisotopic (exact) mass is 387 g/mol. The average Bonchev–Trinajstić information content (AvgIpc) is 2.97. The van der Waals surface area contributed by atoms with Crippen molar-refractivity contribution in [3.8, 4) is 5.75 Å². The van der Waals surface area contributed by atoms with Crippen LogP contribution in [0.15, 0.2) is 48.7 Å². The van der Waals surface area contributed by atoms with E-state index in [1.807, 2.05) is 0 Å². The van der Waals surface area contributed by atoms with E-state index in [0.717, 1.165) is 0 Å². The quantitative estimate of drug-likeness (QED) is 0.574. The summed E-state index contributed by atoms with van der Waals surface area (Å²) in [5.74, 6) is -0.949. The predicted molar refractivity (Wildman–Crippen MR) is 88.3 cm³/mol. The summed E-state index contributed by atoms with van der Waals surface area (Å²) in [6.45, 7) is -0.422. The SMILES string of the molecule is O=C([O-])c1cccc2c1ccn2Cc1cc(Cl)ccc1OCC(F)F.[Na+]. The molecule has 0 aliphatic heterocycles. The Balaban J connectivity index is 0.00000243. The van der Waals surface area contributed by atoms with Gasteiger partial charge in [-0.25, -0.2) is 8.78 Å². The van der Waals surface area contributed by atoms with E-state index in [4.69, 9.17) is 16.3 Å². The number of carbonyl (C=O) groups excluding carboxylic acids is 1. The van der Waals surface area contributed by atoms with Crippen LogP contribution in [0, 0.1) is 0 Å². The number of fused-ring (bicyclic) bond motifs is 1. The Morgan fingerprint density at radius 2 is 2.00 bits per heavy atom. The van der Waals surface area contributed by atoms with Gasteiger partial charge in [-0.15, -0.1) is 0 Å². The number of nitrogens with zero attached hydrogens (tertiary/aromatic N) is 1. The molecule has 0 amide bonds. The number of carboxylic acid groups (broad SMARTS) is 1. The van der Waals surface area contributed by atoms with Gasteiger partial charge in [0, 0.05) is 33.2 Å². The zero-order chi connectivity index (χ0) is 18.0. The molecule has 0 saturated heterocycles. The Hall–Kier alpha value is -1.60. The minimum Gasteiger partial charge on any atom is -0.545 e. The Morgan fingerprint density at radius 1 is 1.23 bits per heavy atom. The van der Waals surface area contributed by atoms with Crippen LogP contribution < -0.4 is 39.4 Å². The number of benzene rings is 2. The first kappa shape index (κ1) is 20.7. The maximum atomic E-state index is 12.4. The molecule has 0 spiro atoms. The third-order valence-electron chi connectivity index (χ3n) is 3.76. The van der Waals surface area contributed by atoms with Gasteiger partial charge in [0.25, 0.3) is 6.43 Å². The van der Waals surface area contributed by atoms with Crippen LogP contribution in [0.25, 0.3) is 10.9 Å². The molecule has 0 unspecified atom stereocenters. The summed E-state index contributed by atoms with van der Waals surface area (Å²) in [6, 6.07) is 11.3. The second-order valence-electron chi connectivity index (χ2n) is 5.42. The molecule has 0 aliphatic rings. The summed E-state index contributed by atoms with van der Waals surface area (Å²) < 4.78 is 31.8. The Kier molecular flexibility index (Phi) is 7.06. The van der Waals surface area contributed by atoms with Crippen LogP contribution in [-0.2, 0) is 6.54 Å². The van der Waals surface area contributed by atoms with Gasteiger partial charge in [-0.1, -0.05) is 23.7 Å². The van der Waals surface area contributed by atoms with E-state index >= 15 is 0 Å². The van der Waals surface area contributed by atoms with E-state index in [9.17, 15) is 18.7 Å². The number of aromatic nitrogens is 1. The number of halogens is 3. The molecule has 0 radical (unpaired) electrons. The van der Waals surface area contributed by atoms with Crippen LogP contribution in [0.2, 0.25) is 5.02 Å². The molecule has 1 aromatic heterocycles. The zero-order valence-electron chi connectivity index (χ0n) is 13.9. The van der Waals surface area contributed by atoms with Crippen molar-refractivity contribution in [2.45, 2.75) is 13.0 Å². The van der Waals surface area contributed by atoms with E-state index in [2.05, 4.69) is 0 Å². The van der Waals surface area contributed by atoms with Crippen LogP contribution in [0.4, 0.5) is 8.78 Å². The van der Waals surface area contributed by atoms with Gasteiger partial charge in [0.2, 0.25) is 0 Å². The molecule has 3 aromatic rings. The van der Waals surface area contributed by atoms with Crippen molar-refractivity contribution >= 4 is 28.5 Å². The zero-order valence-corrected chi connectivity index (χ0v) is 16.7. The Bertz CT molecular complexity index is 930. The van der Waals surface area contributed by atoms with Gasteiger partial charge in [-0.05, 0) is 30.3 Å². The fourth-order valence-corrected chi connectivity index (χ4v) is 2.88. The second kappa shape index (κ2) is 8.86. The topological polar surface area (TPSA) is 54.3 Å². The van der Waals surface area contributed by atoms with Crippen molar-refractivity contribution in [1.82, 2.24) is 4.57 Å². The first-order valence-corrected chi connectivity index (χ1v) is 7.82. The van der Waals surface area contributed by atoms with Crippen LogP contribution in [0.5, 0.6) is 5.75 Å². The summed E-state index contributed by atoms with van der Waals surface area (Å²) in [5.41, 5.74) is 1.39. The van der Waals surface area contributed by atoms with Crippen LogP contribution in [0.1, 0.15) is 15.9 Å². The minimum absolute atomic E-state index is 0. The van der Waals surface area contributed by atoms with Crippen molar-refractivity contribution in [3.63, 3.8) is 0 Å². The van der Waals surface area contributed by atoms with Gasteiger partial charge in [0.05, 0.1) is 12.5 Å². The van der Waals surface area contributed by atoms with Crippen molar-refractivity contribution < 1.29 is 53.0 Å². The molecule has 0 fully saturated rings. The fraction of sp³-hybridized carbons (Fsp3) is 0.167. The summed E-state index contributed by atoms with van der Waals surface area (Å²) >= 11 is 6.01. The average molecular weight is 388 g/mol. The predicted octanol–water partition coefficient (Wildman–Crippen LogP) is 0.354. The normalized spacial score (nSPS) is 10.8. The minimum atomic E-state index is -2.58. The number of ether oxygens (including phenoxy) is 1. The summed E-state index contributed by atoms with van der Waals surface area (Å²) in [5, 5.41) is 12.2. The number of aromatic carboxylic acids is 1. The Morgan fingerprint density at radius 3 is 2.69 bits per heavy atom. The number of alkyl halides is 2. The molecule has 2 aromatic carbocycles.